The van der Waals surface area contributed by atoms with E-state index >= 15 is 0 Å². The molecule has 1 fully saturated rings. The molecule has 0 bridgehead atoms. The molecular weight excluding hydrogens is 384 g/mol. The van der Waals surface area contributed by atoms with Gasteiger partial charge in [0.25, 0.3) is 0 Å². The summed E-state index contributed by atoms with van der Waals surface area (Å²) >= 11 is 0. The number of tetrazole rings is 1. The van der Waals surface area contributed by atoms with E-state index in [1.54, 1.807) is 0 Å². The van der Waals surface area contributed by atoms with Crippen LogP contribution in [-0.4, -0.2) is 31.7 Å². The van der Waals surface area contributed by atoms with Gasteiger partial charge in [-0.2, -0.15) is 0 Å². The van der Waals surface area contributed by atoms with Crippen LogP contribution in [0.5, 0.6) is 0 Å². The predicted molar refractivity (Wildman–Crippen MR) is 121 cm³/mol. The van der Waals surface area contributed by atoms with Crippen LogP contribution in [0.25, 0.3) is 10.9 Å². The van der Waals surface area contributed by atoms with Crippen molar-refractivity contribution in [2.45, 2.75) is 50.6 Å². The number of aromatic nitrogens is 5. The first-order valence-electron chi connectivity index (χ1n) is 11.4. The zero-order valence-electron chi connectivity index (χ0n) is 17.6. The van der Waals surface area contributed by atoms with E-state index in [1.165, 1.54) is 36.1 Å². The van der Waals surface area contributed by atoms with Crippen LogP contribution >= 0.6 is 0 Å². The first-order chi connectivity index (χ1) is 15.4. The molecule has 0 N–H and O–H groups in total. The van der Waals surface area contributed by atoms with E-state index < -0.39 is 0 Å². The van der Waals surface area contributed by atoms with E-state index in [0.29, 0.717) is 6.04 Å². The van der Waals surface area contributed by atoms with Crippen molar-refractivity contribution in [3.63, 3.8) is 0 Å². The fourth-order valence-electron chi connectivity index (χ4n) is 5.33. The highest BCUT2D eigenvalue weighted by Gasteiger charge is 2.34. The molecule has 0 unspecified atom stereocenters. The standard InChI is InChI=1S/C25H26N6/c1-2-9-21(10-3-1)31-25(27-28-29-31)24(30-16-14-18-7-4-5-11-23(18)30)20-12-13-22-19(17-20)8-6-15-26-22/h4-8,11-13,15,17,21,24H,1-3,9-10,14,16H2/t24-/m0/s1. The van der Waals surface area contributed by atoms with E-state index in [9.17, 15) is 0 Å². The molecule has 1 atom stereocenters. The number of anilines is 1. The SMILES string of the molecule is c1ccc2c(c1)CCN2[C@@H](c1ccc2ncccc2c1)c1nnnn1C1CCCCC1. The molecule has 6 heteroatoms. The number of nitrogens with zero attached hydrogens (tertiary/aromatic N) is 6. The molecule has 1 aliphatic carbocycles. The van der Waals surface area contributed by atoms with Crippen molar-refractivity contribution in [2.24, 2.45) is 0 Å². The Bertz CT molecular complexity index is 1210. The van der Waals surface area contributed by atoms with Crippen molar-refractivity contribution in [2.75, 3.05) is 11.4 Å². The number of pyridine rings is 1. The summed E-state index contributed by atoms with van der Waals surface area (Å²) in [5, 5.41) is 14.4. The van der Waals surface area contributed by atoms with Crippen LogP contribution in [-0.2, 0) is 6.42 Å². The summed E-state index contributed by atoms with van der Waals surface area (Å²) in [6, 6.07) is 19.8. The summed E-state index contributed by atoms with van der Waals surface area (Å²) in [7, 11) is 0. The minimum absolute atomic E-state index is 0.0230. The quantitative estimate of drug-likeness (QED) is 0.480. The second-order valence-electron chi connectivity index (χ2n) is 8.70. The number of benzene rings is 2. The van der Waals surface area contributed by atoms with Gasteiger partial charge in [-0.05, 0) is 65.1 Å². The highest BCUT2D eigenvalue weighted by Crippen LogP contribution is 2.40. The van der Waals surface area contributed by atoms with Gasteiger partial charge in [0.2, 0.25) is 0 Å². The third kappa shape index (κ3) is 3.26. The van der Waals surface area contributed by atoms with Gasteiger partial charge in [-0.25, -0.2) is 4.68 Å². The number of hydrogen-bond acceptors (Lipinski definition) is 5. The van der Waals surface area contributed by atoms with Gasteiger partial charge in [0.1, 0.15) is 6.04 Å². The maximum absolute atomic E-state index is 4.61. The minimum Gasteiger partial charge on any atom is -0.357 e. The fourth-order valence-corrected chi connectivity index (χ4v) is 5.33. The van der Waals surface area contributed by atoms with E-state index in [2.05, 4.69) is 78.6 Å². The van der Waals surface area contributed by atoms with Crippen LogP contribution in [0.3, 0.4) is 0 Å². The molecule has 2 aliphatic rings. The van der Waals surface area contributed by atoms with Crippen molar-refractivity contribution in [3.05, 3.63) is 77.7 Å². The van der Waals surface area contributed by atoms with E-state index in [-0.39, 0.29) is 6.04 Å². The topological polar surface area (TPSA) is 59.7 Å². The Morgan fingerprint density at radius 2 is 1.84 bits per heavy atom. The molecule has 0 amide bonds. The molecule has 3 heterocycles. The molecule has 156 valence electrons. The summed E-state index contributed by atoms with van der Waals surface area (Å²) in [6.07, 6.45) is 9.03. The molecule has 0 spiro atoms. The Morgan fingerprint density at radius 1 is 0.935 bits per heavy atom. The molecule has 2 aromatic heterocycles. The van der Waals surface area contributed by atoms with Crippen LogP contribution in [0.2, 0.25) is 0 Å². The summed E-state index contributed by atoms with van der Waals surface area (Å²) in [6.45, 7) is 0.965. The van der Waals surface area contributed by atoms with Gasteiger partial charge < -0.3 is 4.90 Å². The Hall–Kier alpha value is -3.28. The monoisotopic (exact) mass is 410 g/mol. The van der Waals surface area contributed by atoms with Gasteiger partial charge in [0.15, 0.2) is 5.82 Å². The molecule has 4 aromatic rings. The Morgan fingerprint density at radius 3 is 2.77 bits per heavy atom. The molecule has 6 rings (SSSR count). The third-order valence-corrected chi connectivity index (χ3v) is 6.86. The summed E-state index contributed by atoms with van der Waals surface area (Å²) in [5.41, 5.74) is 4.91. The van der Waals surface area contributed by atoms with Crippen molar-refractivity contribution in [1.29, 1.82) is 0 Å². The van der Waals surface area contributed by atoms with Gasteiger partial charge in [-0.3, -0.25) is 4.98 Å². The zero-order chi connectivity index (χ0) is 20.6. The normalized spacial score (nSPS) is 17.7. The van der Waals surface area contributed by atoms with Crippen molar-refractivity contribution in [3.8, 4) is 0 Å². The van der Waals surface area contributed by atoms with Crippen molar-refractivity contribution < 1.29 is 0 Å². The Kier molecular flexibility index (Phi) is 4.63. The molecule has 0 radical (unpaired) electrons. The van der Waals surface area contributed by atoms with Gasteiger partial charge in [-0.15, -0.1) is 5.10 Å². The largest absolute Gasteiger partial charge is 0.357 e. The highest BCUT2D eigenvalue weighted by atomic mass is 15.6. The first-order valence-corrected chi connectivity index (χ1v) is 11.4. The van der Waals surface area contributed by atoms with Gasteiger partial charge in [0.05, 0.1) is 11.6 Å². The Labute approximate surface area is 181 Å². The third-order valence-electron chi connectivity index (χ3n) is 6.86. The lowest BCUT2D eigenvalue weighted by Crippen LogP contribution is -2.31. The maximum Gasteiger partial charge on any atom is 0.178 e. The molecule has 1 saturated carbocycles. The van der Waals surface area contributed by atoms with Crippen molar-refractivity contribution >= 4 is 16.6 Å². The molecular formula is C25H26N6. The van der Waals surface area contributed by atoms with Crippen molar-refractivity contribution in [1.82, 2.24) is 25.2 Å². The molecule has 1 aliphatic heterocycles. The Balaban J connectivity index is 1.50. The second-order valence-corrected chi connectivity index (χ2v) is 8.70. The average Bonchev–Trinajstić information content (AvgIpc) is 3.48. The van der Waals surface area contributed by atoms with Gasteiger partial charge in [-0.1, -0.05) is 49.6 Å². The summed E-state index contributed by atoms with van der Waals surface area (Å²) < 4.78 is 2.12. The van der Waals surface area contributed by atoms with Crippen LogP contribution in [0, 0.1) is 0 Å². The minimum atomic E-state index is -0.0230. The number of para-hydroxylation sites is 1. The summed E-state index contributed by atoms with van der Waals surface area (Å²) in [5.74, 6) is 0.951. The number of fused-ring (bicyclic) bond motifs is 2. The van der Waals surface area contributed by atoms with Gasteiger partial charge >= 0.3 is 0 Å². The summed E-state index contributed by atoms with van der Waals surface area (Å²) in [4.78, 5) is 6.99. The fraction of sp³-hybridized carbons (Fsp3) is 0.360. The lowest BCUT2D eigenvalue weighted by Gasteiger charge is -2.32. The van der Waals surface area contributed by atoms with E-state index in [1.807, 2.05) is 12.3 Å². The van der Waals surface area contributed by atoms with Crippen LogP contribution < -0.4 is 4.90 Å². The van der Waals surface area contributed by atoms with Crippen LogP contribution in [0.15, 0.2) is 60.8 Å². The maximum atomic E-state index is 4.61. The van der Waals surface area contributed by atoms with Crippen LogP contribution in [0.4, 0.5) is 5.69 Å². The van der Waals surface area contributed by atoms with Gasteiger partial charge in [0, 0.05) is 23.8 Å². The average molecular weight is 411 g/mol. The second kappa shape index (κ2) is 7.76. The molecule has 0 saturated heterocycles. The smallest absolute Gasteiger partial charge is 0.178 e. The molecule has 6 nitrogen and oxygen atoms in total. The zero-order valence-corrected chi connectivity index (χ0v) is 17.6. The molecule has 31 heavy (non-hydrogen) atoms. The van der Waals surface area contributed by atoms with Crippen LogP contribution in [0.1, 0.15) is 61.1 Å². The first kappa shape index (κ1) is 18.5. The lowest BCUT2D eigenvalue weighted by molar-refractivity contribution is 0.313. The predicted octanol–water partition coefficient (Wildman–Crippen LogP) is 4.88. The van der Waals surface area contributed by atoms with E-state index in [0.717, 1.165) is 42.5 Å². The molecule has 2 aromatic carbocycles. The lowest BCUT2D eigenvalue weighted by atomic mass is 9.95. The van der Waals surface area contributed by atoms with E-state index in [4.69, 9.17) is 0 Å². The number of hydrogen-bond donors (Lipinski definition) is 0. The highest BCUT2D eigenvalue weighted by molar-refractivity contribution is 5.79. The number of rotatable bonds is 4.